The fourth-order valence-corrected chi connectivity index (χ4v) is 5.09. The first-order valence-electron chi connectivity index (χ1n) is 8.92. The number of piperidine rings is 1. The monoisotopic (exact) mass is 325 g/mol. The molecular weight excluding hydrogens is 302 g/mol. The quantitative estimate of drug-likeness (QED) is 0.627. The molecule has 0 aromatic carbocycles. The highest BCUT2D eigenvalue weighted by molar-refractivity contribution is 6.04. The summed E-state index contributed by atoms with van der Waals surface area (Å²) in [6.45, 7) is 4.40. The van der Waals surface area contributed by atoms with Crippen molar-refractivity contribution < 1.29 is 14.4 Å². The van der Waals surface area contributed by atoms with Crippen LogP contribution in [-0.2, 0) is 14.4 Å². The van der Waals surface area contributed by atoms with Crippen molar-refractivity contribution in [3.05, 3.63) is 35.5 Å². The van der Waals surface area contributed by atoms with Gasteiger partial charge in [0.1, 0.15) is 0 Å². The van der Waals surface area contributed by atoms with Gasteiger partial charge in [0.15, 0.2) is 5.78 Å². The van der Waals surface area contributed by atoms with Crippen LogP contribution in [0.1, 0.15) is 39.5 Å². The van der Waals surface area contributed by atoms with Crippen molar-refractivity contribution >= 4 is 17.6 Å². The number of carbonyl (C=O) groups excluding carboxylic acids is 3. The molecule has 126 valence electrons. The predicted octanol–water partition coefficient (Wildman–Crippen LogP) is 2.71. The van der Waals surface area contributed by atoms with Crippen LogP contribution in [0.15, 0.2) is 35.5 Å². The molecule has 1 aliphatic heterocycles. The van der Waals surface area contributed by atoms with Gasteiger partial charge >= 0.3 is 0 Å². The van der Waals surface area contributed by atoms with E-state index in [1.807, 2.05) is 6.08 Å². The molecule has 2 amide bonds. The van der Waals surface area contributed by atoms with Gasteiger partial charge in [-0.05, 0) is 36.7 Å². The Morgan fingerprint density at radius 3 is 2.75 bits per heavy atom. The highest BCUT2D eigenvalue weighted by Crippen LogP contribution is 2.72. The molecule has 1 spiro atoms. The van der Waals surface area contributed by atoms with E-state index in [4.69, 9.17) is 0 Å². The van der Waals surface area contributed by atoms with Gasteiger partial charge in [0.25, 0.3) is 0 Å². The van der Waals surface area contributed by atoms with Crippen LogP contribution in [-0.4, -0.2) is 17.6 Å². The van der Waals surface area contributed by atoms with Crippen LogP contribution in [0, 0.1) is 29.1 Å². The second-order valence-electron chi connectivity index (χ2n) is 7.82. The third-order valence-corrected chi connectivity index (χ3v) is 6.24. The smallest absolute Gasteiger partial charge is 0.233 e. The third-order valence-electron chi connectivity index (χ3n) is 6.24. The molecule has 0 aromatic rings. The number of Topliss-reactive ketones (excluding diaryl/α,β-unsaturated/α-hetero) is 1. The summed E-state index contributed by atoms with van der Waals surface area (Å²) in [5.74, 6) is 0.242. The summed E-state index contributed by atoms with van der Waals surface area (Å²) in [5, 5.41) is 2.37. The first-order chi connectivity index (χ1) is 11.4. The fourth-order valence-electron chi connectivity index (χ4n) is 5.09. The summed E-state index contributed by atoms with van der Waals surface area (Å²) in [6.07, 6.45) is 10.9. The largest absolute Gasteiger partial charge is 0.296 e. The Morgan fingerprint density at radius 2 is 2.04 bits per heavy atom. The highest BCUT2D eigenvalue weighted by Gasteiger charge is 2.70. The number of hydrogen-bond donors (Lipinski definition) is 1. The number of hydrogen-bond acceptors (Lipinski definition) is 3. The van der Waals surface area contributed by atoms with Crippen LogP contribution >= 0.6 is 0 Å². The van der Waals surface area contributed by atoms with Gasteiger partial charge < -0.3 is 0 Å². The average molecular weight is 325 g/mol. The normalized spacial score (nSPS) is 39.5. The molecular formula is C20H23NO3. The Kier molecular flexibility index (Phi) is 3.41. The van der Waals surface area contributed by atoms with Crippen LogP contribution in [0.2, 0.25) is 0 Å². The van der Waals surface area contributed by atoms with E-state index in [1.54, 1.807) is 0 Å². The minimum absolute atomic E-state index is 0.0438. The zero-order valence-electron chi connectivity index (χ0n) is 14.2. The molecule has 4 nitrogen and oxygen atoms in total. The van der Waals surface area contributed by atoms with E-state index in [0.717, 1.165) is 18.4 Å². The Balaban J connectivity index is 1.58. The van der Waals surface area contributed by atoms with Gasteiger partial charge in [-0.1, -0.05) is 43.7 Å². The Morgan fingerprint density at radius 1 is 1.25 bits per heavy atom. The number of fused-ring (bicyclic) bond motifs is 1. The molecule has 3 fully saturated rings. The maximum Gasteiger partial charge on any atom is 0.233 e. The SMILES string of the molecule is CC(C)C1=CC=CC2C3C(=O)/C(=C\C4CCC(=O)NC4=O)CCC123. The van der Waals surface area contributed by atoms with Crippen LogP contribution in [0.25, 0.3) is 0 Å². The number of imide groups is 1. The summed E-state index contributed by atoms with van der Waals surface area (Å²) in [5.41, 5.74) is 2.25. The molecule has 1 saturated heterocycles. The molecule has 4 atom stereocenters. The first-order valence-corrected chi connectivity index (χ1v) is 8.92. The molecule has 0 radical (unpaired) electrons. The molecule has 1 N–H and O–H groups in total. The zero-order chi connectivity index (χ0) is 17.1. The third kappa shape index (κ3) is 2.08. The van der Waals surface area contributed by atoms with Crippen molar-refractivity contribution in [2.24, 2.45) is 29.1 Å². The second kappa shape index (κ2) is 5.27. The van der Waals surface area contributed by atoms with Gasteiger partial charge in [-0.15, -0.1) is 0 Å². The number of carbonyl (C=O) groups is 3. The van der Waals surface area contributed by atoms with Crippen molar-refractivity contribution in [1.29, 1.82) is 0 Å². The maximum atomic E-state index is 13.0. The van der Waals surface area contributed by atoms with Crippen molar-refractivity contribution in [1.82, 2.24) is 5.32 Å². The molecule has 0 bridgehead atoms. The Hall–Kier alpha value is -1.97. The molecule has 4 unspecified atom stereocenters. The van der Waals surface area contributed by atoms with Gasteiger partial charge in [0.2, 0.25) is 11.8 Å². The lowest BCUT2D eigenvalue weighted by Gasteiger charge is -2.30. The molecule has 24 heavy (non-hydrogen) atoms. The Bertz CT molecular complexity index is 727. The van der Waals surface area contributed by atoms with E-state index in [0.29, 0.717) is 24.7 Å². The van der Waals surface area contributed by atoms with Gasteiger partial charge in [-0.3, -0.25) is 19.7 Å². The topological polar surface area (TPSA) is 63.2 Å². The minimum atomic E-state index is -0.341. The van der Waals surface area contributed by atoms with Crippen molar-refractivity contribution in [2.75, 3.05) is 0 Å². The van der Waals surface area contributed by atoms with Crippen LogP contribution < -0.4 is 5.32 Å². The predicted molar refractivity (Wildman–Crippen MR) is 89.7 cm³/mol. The second-order valence-corrected chi connectivity index (χ2v) is 7.82. The van der Waals surface area contributed by atoms with Gasteiger partial charge in [0, 0.05) is 17.8 Å². The van der Waals surface area contributed by atoms with E-state index < -0.39 is 0 Å². The summed E-state index contributed by atoms with van der Waals surface area (Å²) in [4.78, 5) is 36.2. The average Bonchev–Trinajstić information content (AvgIpc) is 3.22. The van der Waals surface area contributed by atoms with Crippen molar-refractivity contribution in [3.63, 3.8) is 0 Å². The standard InChI is InChI=1S/C20H23NO3/c1-11(2)14-4-3-5-15-17-18(23)12(8-9-20(14,15)17)10-13-6-7-16(22)21-19(13)24/h3-5,10-11,13,15,17H,6-9H2,1-2H3,(H,21,22,24)/b12-10-. The van der Waals surface area contributed by atoms with E-state index >= 15 is 0 Å². The highest BCUT2D eigenvalue weighted by atomic mass is 16.2. The number of allylic oxidation sites excluding steroid dienone is 5. The molecule has 3 aliphatic carbocycles. The number of ketones is 1. The zero-order valence-corrected chi connectivity index (χ0v) is 14.2. The number of rotatable bonds is 2. The van der Waals surface area contributed by atoms with Gasteiger partial charge in [0.05, 0.1) is 5.92 Å². The van der Waals surface area contributed by atoms with E-state index in [-0.39, 0.29) is 34.8 Å². The minimum Gasteiger partial charge on any atom is -0.296 e. The number of nitrogens with one attached hydrogen (secondary N) is 1. The van der Waals surface area contributed by atoms with Crippen molar-refractivity contribution in [2.45, 2.75) is 39.5 Å². The lowest BCUT2D eigenvalue weighted by Crippen LogP contribution is -2.40. The Labute approximate surface area is 142 Å². The van der Waals surface area contributed by atoms with E-state index in [9.17, 15) is 14.4 Å². The molecule has 4 rings (SSSR count). The fraction of sp³-hybridized carbons (Fsp3) is 0.550. The summed E-state index contributed by atoms with van der Waals surface area (Å²) < 4.78 is 0. The number of amides is 2. The molecule has 1 heterocycles. The van der Waals surface area contributed by atoms with E-state index in [2.05, 4.69) is 37.4 Å². The lowest BCUT2D eigenvalue weighted by molar-refractivity contribution is -0.135. The summed E-state index contributed by atoms with van der Waals surface area (Å²) in [6, 6.07) is 0. The summed E-state index contributed by atoms with van der Waals surface area (Å²) >= 11 is 0. The maximum absolute atomic E-state index is 13.0. The molecule has 2 saturated carbocycles. The summed E-state index contributed by atoms with van der Waals surface area (Å²) in [7, 11) is 0. The molecule has 4 heteroatoms. The lowest BCUT2D eigenvalue weighted by atomic mass is 9.74. The van der Waals surface area contributed by atoms with Crippen LogP contribution in [0.3, 0.4) is 0 Å². The molecule has 0 aromatic heterocycles. The molecule has 4 aliphatic rings. The van der Waals surface area contributed by atoms with E-state index in [1.165, 1.54) is 5.57 Å². The van der Waals surface area contributed by atoms with Gasteiger partial charge in [-0.25, -0.2) is 0 Å². The van der Waals surface area contributed by atoms with Crippen molar-refractivity contribution in [3.8, 4) is 0 Å². The van der Waals surface area contributed by atoms with Crippen LogP contribution in [0.5, 0.6) is 0 Å². The first kappa shape index (κ1) is 15.6. The van der Waals surface area contributed by atoms with Crippen LogP contribution in [0.4, 0.5) is 0 Å². The van der Waals surface area contributed by atoms with Gasteiger partial charge in [-0.2, -0.15) is 0 Å².